The van der Waals surface area contributed by atoms with Gasteiger partial charge in [-0.1, -0.05) is 6.07 Å². The van der Waals surface area contributed by atoms with E-state index in [9.17, 15) is 0 Å². The van der Waals surface area contributed by atoms with E-state index in [0.717, 1.165) is 51.5 Å². The van der Waals surface area contributed by atoms with Crippen LogP contribution in [0.2, 0.25) is 0 Å². The molecule has 0 spiro atoms. The second kappa shape index (κ2) is 8.46. The molecule has 140 valence electrons. The Morgan fingerprint density at radius 1 is 1.15 bits per heavy atom. The van der Waals surface area contributed by atoms with Crippen molar-refractivity contribution in [2.45, 2.75) is 37.5 Å². The molecular weight excluding hydrogens is 346 g/mol. The van der Waals surface area contributed by atoms with Gasteiger partial charge in [0, 0.05) is 43.6 Å². The number of hydrogen-bond donors (Lipinski definition) is 0. The van der Waals surface area contributed by atoms with Crippen LogP contribution in [0.3, 0.4) is 0 Å². The van der Waals surface area contributed by atoms with Crippen LogP contribution in [0.5, 0.6) is 5.88 Å². The summed E-state index contributed by atoms with van der Waals surface area (Å²) in [5, 5.41) is 3.22. The van der Waals surface area contributed by atoms with E-state index >= 15 is 0 Å². The summed E-state index contributed by atoms with van der Waals surface area (Å²) in [6, 6.07) is 4.17. The average molecular weight is 374 g/mol. The summed E-state index contributed by atoms with van der Waals surface area (Å²) in [5.41, 5.74) is 1.16. The van der Waals surface area contributed by atoms with Crippen LogP contribution in [0, 0.1) is 0 Å². The van der Waals surface area contributed by atoms with E-state index in [0.29, 0.717) is 0 Å². The van der Waals surface area contributed by atoms with E-state index in [2.05, 4.69) is 26.3 Å². The first-order valence-electron chi connectivity index (χ1n) is 9.66. The van der Waals surface area contributed by atoms with Crippen LogP contribution in [0.15, 0.2) is 29.9 Å². The first kappa shape index (κ1) is 17.9. The molecule has 6 heteroatoms. The maximum atomic E-state index is 5.86. The lowest BCUT2D eigenvalue weighted by atomic mass is 9.75. The zero-order chi connectivity index (χ0) is 17.7. The van der Waals surface area contributed by atoms with Crippen LogP contribution in [-0.2, 0) is 10.2 Å². The Morgan fingerprint density at radius 3 is 2.69 bits per heavy atom. The molecule has 0 N–H and O–H groups in total. The average Bonchev–Trinajstić information content (AvgIpc) is 3.40. The van der Waals surface area contributed by atoms with Gasteiger partial charge in [0.2, 0.25) is 5.88 Å². The van der Waals surface area contributed by atoms with E-state index in [1.54, 1.807) is 11.3 Å². The van der Waals surface area contributed by atoms with Gasteiger partial charge in [-0.25, -0.2) is 9.97 Å². The summed E-state index contributed by atoms with van der Waals surface area (Å²) in [4.78, 5) is 11.7. The van der Waals surface area contributed by atoms with Crippen molar-refractivity contribution in [3.05, 3.63) is 40.5 Å². The maximum absolute atomic E-state index is 5.86. The van der Waals surface area contributed by atoms with E-state index in [1.807, 2.05) is 18.5 Å². The first-order valence-corrected chi connectivity index (χ1v) is 10.5. The van der Waals surface area contributed by atoms with E-state index in [1.165, 1.54) is 36.5 Å². The normalized spacial score (nSPS) is 20.3. The smallest absolute Gasteiger partial charge is 0.213 e. The molecule has 2 aromatic rings. The van der Waals surface area contributed by atoms with Crippen molar-refractivity contribution in [2.24, 2.45) is 0 Å². The van der Waals surface area contributed by atoms with Gasteiger partial charge < -0.3 is 14.4 Å². The summed E-state index contributed by atoms with van der Waals surface area (Å²) in [6.45, 7) is 5.90. The third-order valence-corrected chi connectivity index (χ3v) is 6.52. The Morgan fingerprint density at radius 2 is 2.00 bits per heavy atom. The van der Waals surface area contributed by atoms with Crippen molar-refractivity contribution in [1.29, 1.82) is 0 Å². The van der Waals surface area contributed by atoms with Gasteiger partial charge in [0.25, 0.3) is 0 Å². The molecule has 4 heterocycles. The number of hydrogen-bond acceptors (Lipinski definition) is 6. The predicted octanol–water partition coefficient (Wildman–Crippen LogP) is 3.50. The molecule has 26 heavy (non-hydrogen) atoms. The zero-order valence-corrected chi connectivity index (χ0v) is 16.0. The fourth-order valence-corrected chi connectivity index (χ4v) is 4.95. The molecule has 2 aromatic heterocycles. The maximum Gasteiger partial charge on any atom is 0.213 e. The first-order chi connectivity index (χ1) is 12.9. The molecule has 4 rings (SSSR count). The second-order valence-electron chi connectivity index (χ2n) is 7.17. The SMILES string of the molecule is c1csc(C2(c3ccc(OCCCN4CCCC4)nc3)CCOCC2)n1. The molecule has 2 fully saturated rings. The Kier molecular flexibility index (Phi) is 5.82. The Balaban J connectivity index is 1.38. The predicted molar refractivity (Wildman–Crippen MR) is 103 cm³/mol. The van der Waals surface area contributed by atoms with Gasteiger partial charge >= 0.3 is 0 Å². The molecule has 5 nitrogen and oxygen atoms in total. The second-order valence-corrected chi connectivity index (χ2v) is 8.06. The van der Waals surface area contributed by atoms with Gasteiger partial charge in [0.1, 0.15) is 5.01 Å². The molecule has 2 aliphatic heterocycles. The number of likely N-dealkylation sites (tertiary alicyclic amines) is 1. The Labute approximate surface area is 159 Å². The summed E-state index contributed by atoms with van der Waals surface area (Å²) < 4.78 is 11.5. The molecule has 0 radical (unpaired) electrons. The number of thiazole rings is 1. The molecule has 0 aromatic carbocycles. The number of rotatable bonds is 7. The Bertz CT molecular complexity index is 663. The molecule has 0 aliphatic carbocycles. The monoisotopic (exact) mass is 373 g/mol. The highest BCUT2D eigenvalue weighted by molar-refractivity contribution is 7.09. The number of nitrogens with zero attached hydrogens (tertiary/aromatic N) is 3. The quantitative estimate of drug-likeness (QED) is 0.695. The summed E-state index contributed by atoms with van der Waals surface area (Å²) in [7, 11) is 0. The number of pyridine rings is 1. The molecule has 0 bridgehead atoms. The van der Waals surface area contributed by atoms with Crippen molar-refractivity contribution < 1.29 is 9.47 Å². The topological polar surface area (TPSA) is 47.5 Å². The summed E-state index contributed by atoms with van der Waals surface area (Å²) in [6.07, 6.45) is 9.52. The molecule has 2 saturated heterocycles. The van der Waals surface area contributed by atoms with Gasteiger partial charge in [-0.2, -0.15) is 0 Å². The van der Waals surface area contributed by atoms with E-state index in [-0.39, 0.29) is 5.41 Å². The van der Waals surface area contributed by atoms with Crippen molar-refractivity contribution >= 4 is 11.3 Å². The van der Waals surface area contributed by atoms with Crippen LogP contribution in [0.4, 0.5) is 0 Å². The highest BCUT2D eigenvalue weighted by Crippen LogP contribution is 2.42. The number of aromatic nitrogens is 2. The minimum Gasteiger partial charge on any atom is -0.478 e. The van der Waals surface area contributed by atoms with Crippen molar-refractivity contribution in [3.63, 3.8) is 0 Å². The van der Waals surface area contributed by atoms with Crippen LogP contribution in [-0.4, -0.2) is 54.3 Å². The van der Waals surface area contributed by atoms with Crippen LogP contribution in [0.1, 0.15) is 42.7 Å². The van der Waals surface area contributed by atoms with Crippen LogP contribution in [0.25, 0.3) is 0 Å². The van der Waals surface area contributed by atoms with Gasteiger partial charge in [0.05, 0.1) is 12.0 Å². The van der Waals surface area contributed by atoms with Gasteiger partial charge in [-0.05, 0) is 50.8 Å². The van der Waals surface area contributed by atoms with E-state index in [4.69, 9.17) is 9.47 Å². The van der Waals surface area contributed by atoms with Crippen molar-refractivity contribution in [1.82, 2.24) is 14.9 Å². The largest absolute Gasteiger partial charge is 0.478 e. The highest BCUT2D eigenvalue weighted by atomic mass is 32.1. The molecule has 0 unspecified atom stereocenters. The van der Waals surface area contributed by atoms with Gasteiger partial charge in [-0.15, -0.1) is 11.3 Å². The molecule has 0 atom stereocenters. The fraction of sp³-hybridized carbons (Fsp3) is 0.600. The molecule has 2 aliphatic rings. The third kappa shape index (κ3) is 3.92. The lowest BCUT2D eigenvalue weighted by molar-refractivity contribution is 0.0629. The third-order valence-electron chi connectivity index (χ3n) is 5.54. The van der Waals surface area contributed by atoms with Crippen molar-refractivity contribution in [3.8, 4) is 5.88 Å². The van der Waals surface area contributed by atoms with Crippen molar-refractivity contribution in [2.75, 3.05) is 39.5 Å². The molecule has 0 saturated carbocycles. The standard InChI is InChI=1S/C20H27N3O2S/c1-2-10-23(9-1)11-3-12-25-18-5-4-17(16-22-18)20(6-13-24-14-7-20)19-21-8-15-26-19/h4-5,8,15-16H,1-3,6-7,9-14H2. The van der Waals surface area contributed by atoms with Crippen LogP contribution < -0.4 is 4.74 Å². The summed E-state index contributed by atoms with van der Waals surface area (Å²) in [5.74, 6) is 0.719. The van der Waals surface area contributed by atoms with E-state index < -0.39 is 0 Å². The molecular formula is C20H27N3O2S. The number of ether oxygens (including phenoxy) is 2. The molecule has 0 amide bonds. The minimum absolute atomic E-state index is 0.0618. The van der Waals surface area contributed by atoms with Crippen LogP contribution >= 0.6 is 11.3 Å². The minimum atomic E-state index is -0.0618. The van der Waals surface area contributed by atoms with Gasteiger partial charge in [-0.3, -0.25) is 0 Å². The lowest BCUT2D eigenvalue weighted by Crippen LogP contribution is -2.35. The fourth-order valence-electron chi connectivity index (χ4n) is 4.03. The highest BCUT2D eigenvalue weighted by Gasteiger charge is 2.38. The Hall–Kier alpha value is -1.50. The zero-order valence-electron chi connectivity index (χ0n) is 15.2. The lowest BCUT2D eigenvalue weighted by Gasteiger charge is -2.35. The summed E-state index contributed by atoms with van der Waals surface area (Å²) >= 11 is 1.73. The van der Waals surface area contributed by atoms with Gasteiger partial charge in [0.15, 0.2) is 0 Å².